The van der Waals surface area contributed by atoms with Gasteiger partial charge in [0.1, 0.15) is 0 Å². The van der Waals surface area contributed by atoms with Gasteiger partial charge in [-0.25, -0.2) is 0 Å². The highest BCUT2D eigenvalue weighted by atomic mass is 16.5. The predicted molar refractivity (Wildman–Crippen MR) is 68.7 cm³/mol. The quantitative estimate of drug-likeness (QED) is 0.813. The Bertz CT molecular complexity index is 259. The number of piperidine rings is 1. The van der Waals surface area contributed by atoms with Gasteiger partial charge in [-0.05, 0) is 25.2 Å². The average molecular weight is 242 g/mol. The fourth-order valence-corrected chi connectivity index (χ4v) is 2.08. The van der Waals surface area contributed by atoms with Crippen LogP contribution >= 0.6 is 0 Å². The molecule has 1 aliphatic rings. The van der Waals surface area contributed by atoms with Gasteiger partial charge in [0.25, 0.3) is 0 Å². The van der Waals surface area contributed by atoms with Gasteiger partial charge in [0, 0.05) is 19.7 Å². The van der Waals surface area contributed by atoms with Crippen molar-refractivity contribution in [3.05, 3.63) is 0 Å². The lowest BCUT2D eigenvalue weighted by Gasteiger charge is -2.37. The van der Waals surface area contributed by atoms with Gasteiger partial charge in [0.15, 0.2) is 0 Å². The summed E-state index contributed by atoms with van der Waals surface area (Å²) in [5.74, 6) is 0.0573. The molecule has 1 aliphatic heterocycles. The first kappa shape index (κ1) is 14.5. The average Bonchev–Trinajstić information content (AvgIpc) is 2.27. The molecule has 1 saturated heterocycles. The van der Waals surface area contributed by atoms with E-state index in [2.05, 4.69) is 0 Å². The van der Waals surface area contributed by atoms with E-state index in [9.17, 15) is 4.79 Å². The van der Waals surface area contributed by atoms with Crippen LogP contribution < -0.4 is 5.73 Å². The van der Waals surface area contributed by atoms with Crippen LogP contribution in [0.15, 0.2) is 0 Å². The summed E-state index contributed by atoms with van der Waals surface area (Å²) in [6.45, 7) is 10.2. The maximum atomic E-state index is 12.2. The summed E-state index contributed by atoms with van der Waals surface area (Å²) in [6.07, 6.45) is 2.24. The Labute approximate surface area is 104 Å². The van der Waals surface area contributed by atoms with Crippen molar-refractivity contribution in [3.63, 3.8) is 0 Å². The Morgan fingerprint density at radius 3 is 2.71 bits per heavy atom. The van der Waals surface area contributed by atoms with Gasteiger partial charge < -0.3 is 15.4 Å². The van der Waals surface area contributed by atoms with Gasteiger partial charge in [-0.2, -0.15) is 0 Å². The van der Waals surface area contributed by atoms with Crippen LogP contribution in [0.3, 0.4) is 0 Å². The van der Waals surface area contributed by atoms with Crippen LogP contribution in [0.25, 0.3) is 0 Å². The summed E-state index contributed by atoms with van der Waals surface area (Å²) in [4.78, 5) is 14.1. The summed E-state index contributed by atoms with van der Waals surface area (Å²) in [5.41, 5.74) is 5.83. The second-order valence-electron chi connectivity index (χ2n) is 5.85. The molecule has 0 spiro atoms. The van der Waals surface area contributed by atoms with E-state index >= 15 is 0 Å². The third-order valence-corrected chi connectivity index (χ3v) is 3.29. The second kappa shape index (κ2) is 5.83. The van der Waals surface area contributed by atoms with Crippen molar-refractivity contribution in [3.8, 4) is 0 Å². The Morgan fingerprint density at radius 1 is 1.53 bits per heavy atom. The van der Waals surface area contributed by atoms with Gasteiger partial charge in [0.05, 0.1) is 12.1 Å². The highest BCUT2D eigenvalue weighted by Crippen LogP contribution is 2.21. The molecule has 0 saturated carbocycles. The zero-order valence-corrected chi connectivity index (χ0v) is 11.5. The molecule has 4 heteroatoms. The van der Waals surface area contributed by atoms with Gasteiger partial charge in [-0.15, -0.1) is 0 Å². The highest BCUT2D eigenvalue weighted by molar-refractivity contribution is 5.82. The van der Waals surface area contributed by atoms with Crippen LogP contribution in [-0.4, -0.2) is 42.6 Å². The number of amides is 1. The predicted octanol–water partition coefficient (Wildman–Crippen LogP) is 1.39. The molecule has 1 fully saturated rings. The Balaban J connectivity index is 2.57. The molecule has 0 radical (unpaired) electrons. The number of rotatable bonds is 3. The van der Waals surface area contributed by atoms with E-state index in [4.69, 9.17) is 10.5 Å². The first-order chi connectivity index (χ1) is 7.86. The third kappa shape index (κ3) is 3.96. The molecule has 0 aromatic rings. The maximum Gasteiger partial charge on any atom is 0.240 e. The van der Waals surface area contributed by atoms with Gasteiger partial charge in [-0.3, -0.25) is 4.79 Å². The standard InChI is InChI=1S/C13H26N2O2/c1-5-17-10-7-6-8-15(9-10)12(16)11(14)13(2,3)4/h10-11H,5-9,14H2,1-4H3/t10?,11-/m1/s1. The summed E-state index contributed by atoms with van der Waals surface area (Å²) in [6, 6.07) is -0.428. The van der Waals surface area contributed by atoms with Crippen LogP contribution in [0.2, 0.25) is 0 Å². The number of hydrogen-bond donors (Lipinski definition) is 1. The van der Waals surface area contributed by atoms with E-state index in [1.54, 1.807) is 0 Å². The molecule has 0 aliphatic carbocycles. The highest BCUT2D eigenvalue weighted by Gasteiger charge is 2.33. The van der Waals surface area contributed by atoms with Crippen molar-refractivity contribution < 1.29 is 9.53 Å². The van der Waals surface area contributed by atoms with Crippen molar-refractivity contribution in [2.24, 2.45) is 11.1 Å². The molecule has 1 heterocycles. The SMILES string of the molecule is CCOC1CCCN(C(=O)[C@@H](N)C(C)(C)C)C1. The Morgan fingerprint density at radius 2 is 2.18 bits per heavy atom. The minimum Gasteiger partial charge on any atom is -0.377 e. The Hall–Kier alpha value is -0.610. The topological polar surface area (TPSA) is 55.6 Å². The molecule has 0 aromatic carbocycles. The molecular weight excluding hydrogens is 216 g/mol. The van der Waals surface area contributed by atoms with E-state index in [0.717, 1.165) is 19.4 Å². The lowest BCUT2D eigenvalue weighted by atomic mass is 9.86. The van der Waals surface area contributed by atoms with Crippen molar-refractivity contribution in [1.82, 2.24) is 4.90 Å². The van der Waals surface area contributed by atoms with Crippen molar-refractivity contribution in [2.75, 3.05) is 19.7 Å². The molecule has 17 heavy (non-hydrogen) atoms. The molecule has 1 rings (SSSR count). The number of ether oxygens (including phenoxy) is 1. The lowest BCUT2D eigenvalue weighted by molar-refractivity contribution is -0.139. The molecule has 1 unspecified atom stereocenters. The van der Waals surface area contributed by atoms with Crippen LogP contribution in [0.5, 0.6) is 0 Å². The first-order valence-corrected chi connectivity index (χ1v) is 6.52. The molecular formula is C13H26N2O2. The van der Waals surface area contributed by atoms with E-state index in [-0.39, 0.29) is 17.4 Å². The van der Waals surface area contributed by atoms with Crippen molar-refractivity contribution >= 4 is 5.91 Å². The summed E-state index contributed by atoms with van der Waals surface area (Å²) >= 11 is 0. The summed E-state index contributed by atoms with van der Waals surface area (Å²) < 4.78 is 5.59. The van der Waals surface area contributed by atoms with Crippen LogP contribution in [0.4, 0.5) is 0 Å². The molecule has 0 aromatic heterocycles. The van der Waals surface area contributed by atoms with Crippen LogP contribution in [0.1, 0.15) is 40.5 Å². The normalized spacial score (nSPS) is 23.6. The largest absolute Gasteiger partial charge is 0.377 e. The number of carbonyl (C=O) groups excluding carboxylic acids is 1. The van der Waals surface area contributed by atoms with E-state index in [1.165, 1.54) is 0 Å². The molecule has 2 atom stereocenters. The van der Waals surface area contributed by atoms with Gasteiger partial charge >= 0.3 is 0 Å². The number of nitrogens with zero attached hydrogens (tertiary/aromatic N) is 1. The van der Waals surface area contributed by atoms with E-state index < -0.39 is 6.04 Å². The minimum absolute atomic E-state index is 0.0573. The molecule has 2 N–H and O–H groups in total. The first-order valence-electron chi connectivity index (χ1n) is 6.52. The third-order valence-electron chi connectivity index (χ3n) is 3.29. The smallest absolute Gasteiger partial charge is 0.240 e. The zero-order valence-electron chi connectivity index (χ0n) is 11.5. The molecule has 4 nitrogen and oxygen atoms in total. The maximum absolute atomic E-state index is 12.2. The second-order valence-corrected chi connectivity index (χ2v) is 5.85. The van der Waals surface area contributed by atoms with Crippen LogP contribution in [-0.2, 0) is 9.53 Å². The van der Waals surface area contributed by atoms with Gasteiger partial charge in [0.2, 0.25) is 5.91 Å². The number of likely N-dealkylation sites (tertiary alicyclic amines) is 1. The van der Waals surface area contributed by atoms with Gasteiger partial charge in [-0.1, -0.05) is 20.8 Å². The fourth-order valence-electron chi connectivity index (χ4n) is 2.08. The Kier molecular flexibility index (Phi) is 4.95. The lowest BCUT2D eigenvalue weighted by Crippen LogP contribution is -2.54. The minimum atomic E-state index is -0.428. The number of nitrogens with two attached hydrogens (primary N) is 1. The van der Waals surface area contributed by atoms with Crippen LogP contribution in [0, 0.1) is 5.41 Å². The number of hydrogen-bond acceptors (Lipinski definition) is 3. The zero-order chi connectivity index (χ0) is 13.1. The van der Waals surface area contributed by atoms with E-state index in [1.807, 2.05) is 32.6 Å². The number of carbonyl (C=O) groups is 1. The molecule has 0 bridgehead atoms. The summed E-state index contributed by atoms with van der Waals surface area (Å²) in [7, 11) is 0. The van der Waals surface area contributed by atoms with Crippen molar-refractivity contribution in [2.45, 2.75) is 52.7 Å². The molecule has 100 valence electrons. The summed E-state index contributed by atoms with van der Waals surface area (Å²) in [5, 5.41) is 0. The van der Waals surface area contributed by atoms with Crippen molar-refractivity contribution in [1.29, 1.82) is 0 Å². The fraction of sp³-hybridized carbons (Fsp3) is 0.923. The monoisotopic (exact) mass is 242 g/mol. The molecule has 1 amide bonds. The van der Waals surface area contributed by atoms with E-state index in [0.29, 0.717) is 13.2 Å².